The van der Waals surface area contributed by atoms with Gasteiger partial charge in [-0.1, -0.05) is 6.07 Å². The first-order valence-corrected chi connectivity index (χ1v) is 10.4. The SMILES string of the molecule is COC(=O)c1c(NC(=O)COC(=O)c2ccco2)sc(C)c1Cc1ccc2c(c1)OCO2. The van der Waals surface area contributed by atoms with Gasteiger partial charge in [0.25, 0.3) is 5.91 Å². The Morgan fingerprint density at radius 1 is 1.12 bits per heavy atom. The quantitative estimate of drug-likeness (QED) is 0.536. The zero-order chi connectivity index (χ0) is 22.7. The third-order valence-corrected chi connectivity index (χ3v) is 5.79. The lowest BCUT2D eigenvalue weighted by atomic mass is 10.0. The van der Waals surface area contributed by atoms with E-state index in [1.54, 1.807) is 0 Å². The monoisotopic (exact) mass is 457 g/mol. The Hall–Kier alpha value is -3.79. The molecule has 1 aromatic carbocycles. The Kier molecular flexibility index (Phi) is 6.13. The standard InChI is InChI=1S/C22H19NO8S/c1-12-14(8-13-5-6-15-17(9-13)31-11-30-15)19(22(26)27-2)20(32-12)23-18(24)10-29-21(25)16-4-3-7-28-16/h3-7,9H,8,10-11H2,1-2H3,(H,23,24). The zero-order valence-electron chi connectivity index (χ0n) is 17.3. The normalized spacial score (nSPS) is 11.8. The van der Waals surface area contributed by atoms with Gasteiger partial charge in [0.05, 0.1) is 18.9 Å². The highest BCUT2D eigenvalue weighted by Crippen LogP contribution is 2.37. The average Bonchev–Trinajstić information content (AvgIpc) is 3.53. The van der Waals surface area contributed by atoms with Crippen LogP contribution in [-0.2, 0) is 20.7 Å². The topological polar surface area (TPSA) is 113 Å². The maximum atomic E-state index is 12.5. The van der Waals surface area contributed by atoms with Gasteiger partial charge >= 0.3 is 11.9 Å². The first-order chi connectivity index (χ1) is 15.5. The third-order valence-electron chi connectivity index (χ3n) is 4.73. The number of carbonyl (C=O) groups excluding carboxylic acids is 3. The summed E-state index contributed by atoms with van der Waals surface area (Å²) in [4.78, 5) is 37.6. The van der Waals surface area contributed by atoms with Gasteiger partial charge in [-0.3, -0.25) is 4.79 Å². The molecule has 2 aromatic heterocycles. The lowest BCUT2D eigenvalue weighted by Crippen LogP contribution is -2.21. The van der Waals surface area contributed by atoms with Crippen LogP contribution in [0.5, 0.6) is 11.5 Å². The molecule has 9 nitrogen and oxygen atoms in total. The Morgan fingerprint density at radius 2 is 1.94 bits per heavy atom. The number of fused-ring (bicyclic) bond motifs is 1. The molecule has 0 atom stereocenters. The molecule has 4 rings (SSSR count). The van der Waals surface area contributed by atoms with Crippen LogP contribution in [0.2, 0.25) is 0 Å². The number of amides is 1. The Balaban J connectivity index is 1.51. The number of furan rings is 1. The molecule has 0 bridgehead atoms. The van der Waals surface area contributed by atoms with Gasteiger partial charge in [-0.2, -0.15) is 0 Å². The van der Waals surface area contributed by atoms with E-state index in [1.807, 2.05) is 25.1 Å². The summed E-state index contributed by atoms with van der Waals surface area (Å²) in [5, 5.41) is 2.96. The highest BCUT2D eigenvalue weighted by atomic mass is 32.1. The van der Waals surface area contributed by atoms with Gasteiger partial charge in [-0.05, 0) is 48.7 Å². The molecule has 0 fully saturated rings. The van der Waals surface area contributed by atoms with Crippen LogP contribution in [0.25, 0.3) is 0 Å². The number of methoxy groups -OCH3 is 1. The molecule has 10 heteroatoms. The number of rotatable bonds is 7. The average molecular weight is 457 g/mol. The molecule has 0 radical (unpaired) electrons. The summed E-state index contributed by atoms with van der Waals surface area (Å²) in [6, 6.07) is 8.52. The van der Waals surface area contributed by atoms with Crippen LogP contribution in [0.4, 0.5) is 5.00 Å². The van der Waals surface area contributed by atoms with Crippen molar-refractivity contribution in [1.82, 2.24) is 0 Å². The van der Waals surface area contributed by atoms with E-state index in [2.05, 4.69) is 5.32 Å². The molecule has 0 spiro atoms. The van der Waals surface area contributed by atoms with Crippen molar-refractivity contribution in [3.63, 3.8) is 0 Å². The number of ether oxygens (including phenoxy) is 4. The van der Waals surface area contributed by atoms with Crippen LogP contribution in [0, 0.1) is 6.92 Å². The predicted molar refractivity (Wildman–Crippen MR) is 113 cm³/mol. The molecule has 3 aromatic rings. The molecule has 0 saturated carbocycles. The first kappa shape index (κ1) is 21.4. The Morgan fingerprint density at radius 3 is 2.69 bits per heavy atom. The summed E-state index contributed by atoms with van der Waals surface area (Å²) in [7, 11) is 1.27. The number of benzene rings is 1. The van der Waals surface area contributed by atoms with Crippen LogP contribution < -0.4 is 14.8 Å². The van der Waals surface area contributed by atoms with Gasteiger partial charge in [0, 0.05) is 4.88 Å². The molecule has 0 saturated heterocycles. The van der Waals surface area contributed by atoms with Crippen LogP contribution >= 0.6 is 11.3 Å². The number of anilines is 1. The minimum Gasteiger partial charge on any atom is -0.465 e. The second kappa shape index (κ2) is 9.15. The summed E-state index contributed by atoms with van der Waals surface area (Å²) in [6.45, 7) is 1.49. The highest BCUT2D eigenvalue weighted by Gasteiger charge is 2.25. The summed E-state index contributed by atoms with van der Waals surface area (Å²) in [5.41, 5.74) is 1.90. The van der Waals surface area contributed by atoms with Crippen molar-refractivity contribution in [2.45, 2.75) is 13.3 Å². The molecule has 32 heavy (non-hydrogen) atoms. The van der Waals surface area contributed by atoms with Crippen molar-refractivity contribution in [3.8, 4) is 11.5 Å². The molecule has 166 valence electrons. The van der Waals surface area contributed by atoms with E-state index in [0.717, 1.165) is 16.0 Å². The summed E-state index contributed by atoms with van der Waals surface area (Å²) < 4.78 is 25.6. The van der Waals surface area contributed by atoms with Crippen molar-refractivity contribution in [2.75, 3.05) is 25.8 Å². The lowest BCUT2D eigenvalue weighted by molar-refractivity contribution is -0.119. The summed E-state index contributed by atoms with van der Waals surface area (Å²) >= 11 is 1.24. The second-order valence-corrected chi connectivity index (χ2v) is 8.02. The number of thiophene rings is 1. The number of aryl methyl sites for hydroxylation is 1. The molecule has 1 amide bonds. The van der Waals surface area contributed by atoms with Crippen molar-refractivity contribution in [1.29, 1.82) is 0 Å². The van der Waals surface area contributed by atoms with Crippen LogP contribution in [-0.4, -0.2) is 38.4 Å². The molecule has 0 aliphatic carbocycles. The fraction of sp³-hybridized carbons (Fsp3) is 0.227. The van der Waals surface area contributed by atoms with Crippen LogP contribution in [0.1, 0.15) is 36.9 Å². The highest BCUT2D eigenvalue weighted by molar-refractivity contribution is 7.16. The number of esters is 2. The Bertz CT molecular complexity index is 1170. The van der Waals surface area contributed by atoms with Gasteiger partial charge in [-0.15, -0.1) is 11.3 Å². The summed E-state index contributed by atoms with van der Waals surface area (Å²) in [6.07, 6.45) is 1.75. The second-order valence-electron chi connectivity index (χ2n) is 6.80. The van der Waals surface area contributed by atoms with E-state index in [0.29, 0.717) is 22.9 Å². The maximum absolute atomic E-state index is 12.5. The number of carbonyl (C=O) groups is 3. The molecule has 0 unspecified atom stereocenters. The summed E-state index contributed by atoms with van der Waals surface area (Å²) in [5.74, 6) is -0.628. The Labute approximate surface area is 186 Å². The van der Waals surface area contributed by atoms with E-state index in [-0.39, 0.29) is 18.1 Å². The molecular weight excluding hydrogens is 438 g/mol. The molecule has 1 N–H and O–H groups in total. The fourth-order valence-electron chi connectivity index (χ4n) is 3.21. The third kappa shape index (κ3) is 4.45. The van der Waals surface area contributed by atoms with Crippen molar-refractivity contribution < 1.29 is 37.7 Å². The van der Waals surface area contributed by atoms with Crippen LogP contribution in [0.15, 0.2) is 41.0 Å². The first-order valence-electron chi connectivity index (χ1n) is 9.56. The molecule has 1 aliphatic rings. The van der Waals surface area contributed by atoms with Crippen molar-refractivity contribution in [3.05, 3.63) is 63.9 Å². The smallest absolute Gasteiger partial charge is 0.374 e. The lowest BCUT2D eigenvalue weighted by Gasteiger charge is -2.09. The number of hydrogen-bond donors (Lipinski definition) is 1. The minimum atomic E-state index is -0.760. The van der Waals surface area contributed by atoms with E-state index < -0.39 is 24.5 Å². The number of nitrogens with one attached hydrogen (secondary N) is 1. The van der Waals surface area contributed by atoms with Gasteiger partial charge in [0.15, 0.2) is 18.1 Å². The van der Waals surface area contributed by atoms with E-state index in [9.17, 15) is 14.4 Å². The predicted octanol–water partition coefficient (Wildman–Crippen LogP) is 3.55. The van der Waals surface area contributed by atoms with Crippen molar-refractivity contribution >= 4 is 34.2 Å². The minimum absolute atomic E-state index is 0.00831. The van der Waals surface area contributed by atoms with E-state index >= 15 is 0 Å². The maximum Gasteiger partial charge on any atom is 0.374 e. The largest absolute Gasteiger partial charge is 0.465 e. The molecular formula is C22H19NO8S. The van der Waals surface area contributed by atoms with Gasteiger partial charge in [0.1, 0.15) is 5.00 Å². The molecule has 3 heterocycles. The van der Waals surface area contributed by atoms with Gasteiger partial charge in [-0.25, -0.2) is 9.59 Å². The van der Waals surface area contributed by atoms with E-state index in [4.69, 9.17) is 23.4 Å². The zero-order valence-corrected chi connectivity index (χ0v) is 18.1. The molecule has 1 aliphatic heterocycles. The number of hydrogen-bond acceptors (Lipinski definition) is 9. The van der Waals surface area contributed by atoms with Crippen molar-refractivity contribution in [2.24, 2.45) is 0 Å². The fourth-order valence-corrected chi connectivity index (χ4v) is 4.29. The van der Waals surface area contributed by atoms with Crippen LogP contribution in [0.3, 0.4) is 0 Å². The van der Waals surface area contributed by atoms with E-state index in [1.165, 1.54) is 36.8 Å². The van der Waals surface area contributed by atoms with Gasteiger partial charge in [0.2, 0.25) is 12.6 Å². The van der Waals surface area contributed by atoms with Gasteiger partial charge < -0.3 is 28.7 Å².